The van der Waals surface area contributed by atoms with Gasteiger partial charge in [0.2, 0.25) is 0 Å². The van der Waals surface area contributed by atoms with Crippen molar-refractivity contribution in [3.8, 4) is 5.75 Å². The van der Waals surface area contributed by atoms with Gasteiger partial charge >= 0.3 is 0 Å². The van der Waals surface area contributed by atoms with E-state index in [4.69, 9.17) is 10.5 Å². The number of nitrogens with two attached hydrogens (primary N) is 1. The Hall–Kier alpha value is -2.00. The summed E-state index contributed by atoms with van der Waals surface area (Å²) in [6.45, 7) is 3.32. The average molecular weight is 268 g/mol. The zero-order valence-electron chi connectivity index (χ0n) is 11.6. The third-order valence-electron chi connectivity index (χ3n) is 3.67. The number of fused-ring (bicyclic) bond motifs is 1. The molecular formula is C17H20N2O. The van der Waals surface area contributed by atoms with E-state index in [2.05, 4.69) is 41.3 Å². The molecule has 0 aromatic heterocycles. The molecule has 0 bridgehead atoms. The van der Waals surface area contributed by atoms with Gasteiger partial charge in [-0.15, -0.1) is 0 Å². The number of benzene rings is 2. The Balaban J connectivity index is 1.82. The summed E-state index contributed by atoms with van der Waals surface area (Å²) in [7, 11) is 0. The van der Waals surface area contributed by atoms with Crippen molar-refractivity contribution < 1.29 is 4.74 Å². The number of hydrogen-bond donors (Lipinski definition) is 1. The second kappa shape index (κ2) is 5.97. The van der Waals surface area contributed by atoms with E-state index in [0.29, 0.717) is 6.54 Å². The molecule has 0 unspecified atom stereocenters. The van der Waals surface area contributed by atoms with E-state index < -0.39 is 0 Å². The summed E-state index contributed by atoms with van der Waals surface area (Å²) >= 11 is 0. The molecule has 0 saturated carbocycles. The standard InChI is InChI=1S/C17H20N2O/c18-12-14-6-8-15(9-7-14)13-19-10-3-11-20-17-5-2-1-4-16(17)19/h1-2,4-9H,3,10-13,18H2. The van der Waals surface area contributed by atoms with Gasteiger partial charge < -0.3 is 15.4 Å². The number of rotatable bonds is 3. The van der Waals surface area contributed by atoms with Gasteiger partial charge in [-0.05, 0) is 29.7 Å². The van der Waals surface area contributed by atoms with E-state index in [0.717, 1.165) is 31.9 Å². The zero-order valence-corrected chi connectivity index (χ0v) is 11.6. The van der Waals surface area contributed by atoms with Crippen molar-refractivity contribution in [2.45, 2.75) is 19.5 Å². The molecule has 2 aromatic rings. The third kappa shape index (κ3) is 2.78. The molecule has 1 aliphatic rings. The monoisotopic (exact) mass is 268 g/mol. The van der Waals surface area contributed by atoms with Gasteiger partial charge in [0.05, 0.1) is 12.3 Å². The minimum absolute atomic E-state index is 0.598. The smallest absolute Gasteiger partial charge is 0.142 e. The van der Waals surface area contributed by atoms with Crippen LogP contribution in [0.2, 0.25) is 0 Å². The summed E-state index contributed by atoms with van der Waals surface area (Å²) in [6, 6.07) is 16.8. The first-order valence-corrected chi connectivity index (χ1v) is 7.11. The van der Waals surface area contributed by atoms with Crippen LogP contribution in [0.3, 0.4) is 0 Å². The second-order valence-electron chi connectivity index (χ2n) is 5.11. The topological polar surface area (TPSA) is 38.5 Å². The minimum atomic E-state index is 0.598. The van der Waals surface area contributed by atoms with Gasteiger partial charge in [0.15, 0.2) is 0 Å². The van der Waals surface area contributed by atoms with Crippen molar-refractivity contribution in [3.05, 3.63) is 59.7 Å². The van der Waals surface area contributed by atoms with Crippen LogP contribution < -0.4 is 15.4 Å². The van der Waals surface area contributed by atoms with Gasteiger partial charge in [-0.25, -0.2) is 0 Å². The summed E-state index contributed by atoms with van der Waals surface area (Å²) in [5.41, 5.74) is 9.31. The van der Waals surface area contributed by atoms with Crippen molar-refractivity contribution in [1.29, 1.82) is 0 Å². The van der Waals surface area contributed by atoms with E-state index in [9.17, 15) is 0 Å². The van der Waals surface area contributed by atoms with Gasteiger partial charge in [0.1, 0.15) is 5.75 Å². The largest absolute Gasteiger partial charge is 0.491 e. The summed E-state index contributed by atoms with van der Waals surface area (Å²) in [6.07, 6.45) is 1.05. The van der Waals surface area contributed by atoms with E-state index in [1.807, 2.05) is 12.1 Å². The van der Waals surface area contributed by atoms with E-state index in [-0.39, 0.29) is 0 Å². The fourth-order valence-corrected chi connectivity index (χ4v) is 2.56. The number of para-hydroxylation sites is 2. The van der Waals surface area contributed by atoms with Gasteiger partial charge in [-0.3, -0.25) is 0 Å². The predicted molar refractivity (Wildman–Crippen MR) is 81.9 cm³/mol. The second-order valence-corrected chi connectivity index (χ2v) is 5.11. The van der Waals surface area contributed by atoms with Crippen molar-refractivity contribution in [2.75, 3.05) is 18.1 Å². The minimum Gasteiger partial charge on any atom is -0.491 e. The Morgan fingerprint density at radius 1 is 1.00 bits per heavy atom. The molecule has 3 rings (SSSR count). The quantitative estimate of drug-likeness (QED) is 0.930. The van der Waals surface area contributed by atoms with Gasteiger partial charge in [-0.1, -0.05) is 36.4 Å². The Kier molecular flexibility index (Phi) is 3.88. The number of nitrogens with zero attached hydrogens (tertiary/aromatic N) is 1. The zero-order chi connectivity index (χ0) is 13.8. The van der Waals surface area contributed by atoms with Crippen LogP contribution in [0.4, 0.5) is 5.69 Å². The van der Waals surface area contributed by atoms with E-state index in [1.54, 1.807) is 0 Å². The molecule has 3 nitrogen and oxygen atoms in total. The van der Waals surface area contributed by atoms with Crippen LogP contribution in [0.5, 0.6) is 5.75 Å². The molecule has 2 N–H and O–H groups in total. The molecule has 20 heavy (non-hydrogen) atoms. The van der Waals surface area contributed by atoms with Crippen LogP contribution in [0.25, 0.3) is 0 Å². The molecular weight excluding hydrogens is 248 g/mol. The first-order valence-electron chi connectivity index (χ1n) is 7.11. The molecule has 0 saturated heterocycles. The maximum absolute atomic E-state index is 5.79. The Labute approximate surface area is 120 Å². The molecule has 0 amide bonds. The van der Waals surface area contributed by atoms with Crippen LogP contribution in [-0.2, 0) is 13.1 Å². The third-order valence-corrected chi connectivity index (χ3v) is 3.67. The lowest BCUT2D eigenvalue weighted by molar-refractivity contribution is 0.322. The number of hydrogen-bond acceptors (Lipinski definition) is 3. The predicted octanol–water partition coefficient (Wildman–Crippen LogP) is 2.93. The summed E-state index contributed by atoms with van der Waals surface area (Å²) in [5, 5.41) is 0. The molecule has 0 atom stereocenters. The molecule has 0 spiro atoms. The van der Waals surface area contributed by atoms with Crippen LogP contribution >= 0.6 is 0 Å². The SMILES string of the molecule is NCc1ccc(CN2CCCOc3ccccc32)cc1. The Morgan fingerprint density at radius 2 is 1.75 bits per heavy atom. The maximum atomic E-state index is 5.79. The fraction of sp³-hybridized carbons (Fsp3) is 0.294. The highest BCUT2D eigenvalue weighted by atomic mass is 16.5. The summed E-state index contributed by atoms with van der Waals surface area (Å²) < 4.78 is 5.79. The molecule has 2 aromatic carbocycles. The molecule has 0 fully saturated rings. The molecule has 1 aliphatic heterocycles. The van der Waals surface area contributed by atoms with Crippen LogP contribution in [-0.4, -0.2) is 13.2 Å². The van der Waals surface area contributed by atoms with Crippen LogP contribution in [0.15, 0.2) is 48.5 Å². The highest BCUT2D eigenvalue weighted by Crippen LogP contribution is 2.31. The summed E-state index contributed by atoms with van der Waals surface area (Å²) in [5.74, 6) is 0.989. The maximum Gasteiger partial charge on any atom is 0.142 e. The Bertz CT molecular complexity index is 565. The first-order chi connectivity index (χ1) is 9.86. The molecule has 3 heteroatoms. The van der Waals surface area contributed by atoms with Crippen molar-refractivity contribution >= 4 is 5.69 Å². The summed E-state index contributed by atoms with van der Waals surface area (Å²) in [4.78, 5) is 2.39. The molecule has 0 radical (unpaired) electrons. The van der Waals surface area contributed by atoms with Gasteiger partial charge in [0, 0.05) is 19.6 Å². The lowest BCUT2D eigenvalue weighted by atomic mass is 10.1. The van der Waals surface area contributed by atoms with Gasteiger partial charge in [-0.2, -0.15) is 0 Å². The van der Waals surface area contributed by atoms with Crippen molar-refractivity contribution in [3.63, 3.8) is 0 Å². The lowest BCUT2D eigenvalue weighted by Crippen LogP contribution is -2.23. The van der Waals surface area contributed by atoms with E-state index in [1.165, 1.54) is 16.8 Å². The average Bonchev–Trinajstić information content (AvgIpc) is 2.71. The molecule has 104 valence electrons. The highest BCUT2D eigenvalue weighted by molar-refractivity contribution is 5.59. The van der Waals surface area contributed by atoms with Crippen LogP contribution in [0.1, 0.15) is 17.5 Å². The highest BCUT2D eigenvalue weighted by Gasteiger charge is 2.15. The Morgan fingerprint density at radius 3 is 2.55 bits per heavy atom. The first kappa shape index (κ1) is 13.0. The molecule has 0 aliphatic carbocycles. The number of ether oxygens (including phenoxy) is 1. The number of anilines is 1. The normalized spacial score (nSPS) is 14.3. The fourth-order valence-electron chi connectivity index (χ4n) is 2.56. The van der Waals surface area contributed by atoms with Crippen molar-refractivity contribution in [2.24, 2.45) is 5.73 Å². The van der Waals surface area contributed by atoms with Gasteiger partial charge in [0.25, 0.3) is 0 Å². The molecule has 1 heterocycles. The van der Waals surface area contributed by atoms with Crippen LogP contribution in [0, 0.1) is 0 Å². The van der Waals surface area contributed by atoms with E-state index >= 15 is 0 Å². The lowest BCUT2D eigenvalue weighted by Gasteiger charge is -2.24. The van der Waals surface area contributed by atoms with Crippen molar-refractivity contribution in [1.82, 2.24) is 0 Å².